The third-order valence-corrected chi connectivity index (χ3v) is 3.54. The van der Waals surface area contributed by atoms with Gasteiger partial charge in [-0.05, 0) is 41.2 Å². The molecule has 0 atom stereocenters. The predicted molar refractivity (Wildman–Crippen MR) is 76.8 cm³/mol. The van der Waals surface area contributed by atoms with Crippen LogP contribution < -0.4 is 5.32 Å². The second kappa shape index (κ2) is 6.14. The molecule has 1 heterocycles. The molecule has 1 rings (SSSR count). The van der Waals surface area contributed by atoms with E-state index in [1.54, 1.807) is 0 Å². The second-order valence-electron chi connectivity index (χ2n) is 5.36. The number of aromatic nitrogens is 2. The molecular weight excluding hydrogens is 224 g/mol. The number of anilines is 1. The first kappa shape index (κ1) is 14.9. The molecule has 1 aromatic heterocycles. The quantitative estimate of drug-likeness (QED) is 0.843. The molecule has 0 aliphatic rings. The van der Waals surface area contributed by atoms with Crippen molar-refractivity contribution in [3.8, 4) is 0 Å². The Morgan fingerprint density at radius 1 is 1.28 bits per heavy atom. The van der Waals surface area contributed by atoms with Gasteiger partial charge in [-0.2, -0.15) is 0 Å². The first-order valence-electron chi connectivity index (χ1n) is 6.68. The minimum Gasteiger partial charge on any atom is -0.370 e. The molecule has 0 bridgehead atoms. The van der Waals surface area contributed by atoms with E-state index < -0.39 is 0 Å². The van der Waals surface area contributed by atoms with Crippen molar-refractivity contribution < 1.29 is 0 Å². The lowest BCUT2D eigenvalue weighted by atomic mass is 10.0. The SMILES string of the molecule is CCNc1cc(C)nc(CN(C)C(C)(C)CC)n1. The standard InChI is InChI=1S/C14H26N4/c1-7-14(4,5)18(6)10-13-16-11(3)9-12(17-13)15-8-2/h9H,7-8,10H2,1-6H3,(H,15,16,17). The van der Waals surface area contributed by atoms with Gasteiger partial charge < -0.3 is 5.32 Å². The maximum Gasteiger partial charge on any atom is 0.144 e. The summed E-state index contributed by atoms with van der Waals surface area (Å²) < 4.78 is 0. The number of aryl methyl sites for hydroxylation is 1. The molecule has 1 aromatic rings. The number of nitrogens with one attached hydrogen (secondary N) is 1. The Morgan fingerprint density at radius 2 is 1.94 bits per heavy atom. The highest BCUT2D eigenvalue weighted by molar-refractivity contribution is 5.35. The topological polar surface area (TPSA) is 41.1 Å². The van der Waals surface area contributed by atoms with Crippen LogP contribution in [0.3, 0.4) is 0 Å². The molecule has 0 aliphatic carbocycles. The maximum atomic E-state index is 4.55. The van der Waals surface area contributed by atoms with E-state index in [-0.39, 0.29) is 5.54 Å². The van der Waals surface area contributed by atoms with Gasteiger partial charge in [-0.15, -0.1) is 0 Å². The van der Waals surface area contributed by atoms with Crippen LogP contribution in [0.2, 0.25) is 0 Å². The Labute approximate surface area is 111 Å². The molecule has 18 heavy (non-hydrogen) atoms. The summed E-state index contributed by atoms with van der Waals surface area (Å²) >= 11 is 0. The first-order valence-corrected chi connectivity index (χ1v) is 6.68. The van der Waals surface area contributed by atoms with Crippen molar-refractivity contribution in [3.63, 3.8) is 0 Å². The molecule has 0 fully saturated rings. The highest BCUT2D eigenvalue weighted by atomic mass is 15.2. The van der Waals surface area contributed by atoms with Crippen molar-refractivity contribution in [1.29, 1.82) is 0 Å². The van der Waals surface area contributed by atoms with Gasteiger partial charge >= 0.3 is 0 Å². The van der Waals surface area contributed by atoms with Gasteiger partial charge in [0.1, 0.15) is 11.6 Å². The van der Waals surface area contributed by atoms with Crippen LogP contribution in [0, 0.1) is 6.92 Å². The number of hydrogen-bond donors (Lipinski definition) is 1. The molecule has 0 spiro atoms. The summed E-state index contributed by atoms with van der Waals surface area (Å²) in [5.41, 5.74) is 1.18. The van der Waals surface area contributed by atoms with Gasteiger partial charge in [0.15, 0.2) is 0 Å². The fraction of sp³-hybridized carbons (Fsp3) is 0.714. The number of nitrogens with zero attached hydrogens (tertiary/aromatic N) is 3. The van der Waals surface area contributed by atoms with Gasteiger partial charge in [-0.1, -0.05) is 6.92 Å². The molecule has 0 aliphatic heterocycles. The highest BCUT2D eigenvalue weighted by Crippen LogP contribution is 2.18. The molecule has 0 amide bonds. The first-order chi connectivity index (χ1) is 8.39. The minimum absolute atomic E-state index is 0.172. The van der Waals surface area contributed by atoms with E-state index in [1.807, 2.05) is 13.0 Å². The van der Waals surface area contributed by atoms with Crippen LogP contribution in [-0.2, 0) is 6.54 Å². The third kappa shape index (κ3) is 3.95. The normalized spacial score (nSPS) is 11.9. The Balaban J connectivity index is 2.84. The third-order valence-electron chi connectivity index (χ3n) is 3.54. The number of hydrogen-bond acceptors (Lipinski definition) is 4. The van der Waals surface area contributed by atoms with Gasteiger partial charge in [-0.3, -0.25) is 4.90 Å². The van der Waals surface area contributed by atoms with E-state index in [9.17, 15) is 0 Å². The fourth-order valence-electron chi connectivity index (χ4n) is 1.67. The molecule has 0 radical (unpaired) electrons. The van der Waals surface area contributed by atoms with Crippen LogP contribution in [0.4, 0.5) is 5.82 Å². The zero-order valence-electron chi connectivity index (χ0n) is 12.5. The van der Waals surface area contributed by atoms with Crippen LogP contribution in [-0.4, -0.2) is 34.0 Å². The van der Waals surface area contributed by atoms with Crippen molar-refractivity contribution in [1.82, 2.24) is 14.9 Å². The molecule has 102 valence electrons. The van der Waals surface area contributed by atoms with Crippen LogP contribution in [0.5, 0.6) is 0 Å². The zero-order chi connectivity index (χ0) is 13.8. The Hall–Kier alpha value is -1.16. The molecular formula is C14H26N4. The van der Waals surface area contributed by atoms with E-state index in [4.69, 9.17) is 0 Å². The number of rotatable bonds is 6. The molecule has 0 aromatic carbocycles. The smallest absolute Gasteiger partial charge is 0.144 e. The highest BCUT2D eigenvalue weighted by Gasteiger charge is 2.22. The molecule has 4 nitrogen and oxygen atoms in total. The zero-order valence-corrected chi connectivity index (χ0v) is 12.5. The van der Waals surface area contributed by atoms with E-state index in [2.05, 4.69) is 54.9 Å². The fourth-order valence-corrected chi connectivity index (χ4v) is 1.67. The average molecular weight is 250 g/mol. The lowest BCUT2D eigenvalue weighted by molar-refractivity contribution is 0.139. The largest absolute Gasteiger partial charge is 0.370 e. The van der Waals surface area contributed by atoms with Crippen molar-refractivity contribution >= 4 is 5.82 Å². The van der Waals surface area contributed by atoms with E-state index in [0.29, 0.717) is 0 Å². The van der Waals surface area contributed by atoms with E-state index in [0.717, 1.165) is 36.8 Å². The van der Waals surface area contributed by atoms with Gasteiger partial charge in [0.05, 0.1) is 6.54 Å². The van der Waals surface area contributed by atoms with E-state index in [1.165, 1.54) is 0 Å². The van der Waals surface area contributed by atoms with Crippen LogP contribution in [0.15, 0.2) is 6.07 Å². The lowest BCUT2D eigenvalue weighted by Crippen LogP contribution is -2.40. The van der Waals surface area contributed by atoms with Gasteiger partial charge in [0, 0.05) is 23.8 Å². The predicted octanol–water partition coefficient (Wildman–Crippen LogP) is 2.84. The lowest BCUT2D eigenvalue weighted by Gasteiger charge is -2.34. The van der Waals surface area contributed by atoms with Gasteiger partial charge in [0.25, 0.3) is 0 Å². The summed E-state index contributed by atoms with van der Waals surface area (Å²) in [6.07, 6.45) is 1.11. The van der Waals surface area contributed by atoms with Crippen molar-refractivity contribution in [3.05, 3.63) is 17.6 Å². The summed E-state index contributed by atoms with van der Waals surface area (Å²) in [7, 11) is 2.13. The van der Waals surface area contributed by atoms with Gasteiger partial charge in [-0.25, -0.2) is 9.97 Å². The molecule has 0 saturated carbocycles. The summed E-state index contributed by atoms with van der Waals surface area (Å²) in [6, 6.07) is 1.98. The summed E-state index contributed by atoms with van der Waals surface area (Å²) in [4.78, 5) is 11.4. The van der Waals surface area contributed by atoms with Crippen LogP contribution in [0.25, 0.3) is 0 Å². The Morgan fingerprint density at radius 3 is 2.50 bits per heavy atom. The minimum atomic E-state index is 0.172. The Kier molecular flexibility index (Phi) is 5.08. The maximum absolute atomic E-state index is 4.55. The average Bonchev–Trinajstić information content (AvgIpc) is 2.28. The molecule has 0 unspecified atom stereocenters. The molecule has 0 saturated heterocycles. The van der Waals surface area contributed by atoms with Crippen molar-refractivity contribution in [2.75, 3.05) is 18.9 Å². The van der Waals surface area contributed by atoms with Crippen molar-refractivity contribution in [2.45, 2.75) is 53.1 Å². The Bertz CT molecular complexity index is 387. The summed E-state index contributed by atoms with van der Waals surface area (Å²) in [5.74, 6) is 1.80. The van der Waals surface area contributed by atoms with Crippen LogP contribution in [0.1, 0.15) is 45.6 Å². The summed E-state index contributed by atoms with van der Waals surface area (Å²) in [6.45, 7) is 12.4. The molecule has 1 N–H and O–H groups in total. The van der Waals surface area contributed by atoms with Crippen LogP contribution >= 0.6 is 0 Å². The molecule has 4 heteroatoms. The van der Waals surface area contributed by atoms with E-state index >= 15 is 0 Å². The monoisotopic (exact) mass is 250 g/mol. The van der Waals surface area contributed by atoms with Gasteiger partial charge in [0.2, 0.25) is 0 Å². The van der Waals surface area contributed by atoms with Crippen molar-refractivity contribution in [2.24, 2.45) is 0 Å². The second-order valence-corrected chi connectivity index (χ2v) is 5.36. The summed E-state index contributed by atoms with van der Waals surface area (Å²) in [5, 5.41) is 3.25.